The van der Waals surface area contributed by atoms with Gasteiger partial charge in [0.1, 0.15) is 0 Å². The van der Waals surface area contributed by atoms with Crippen molar-refractivity contribution in [3.05, 3.63) is 34.3 Å². The summed E-state index contributed by atoms with van der Waals surface area (Å²) in [6, 6.07) is 8.26. The van der Waals surface area contributed by atoms with E-state index in [2.05, 4.69) is 54.9 Å². The lowest BCUT2D eigenvalue weighted by Gasteiger charge is -2.29. The van der Waals surface area contributed by atoms with Gasteiger partial charge in [-0.2, -0.15) is 0 Å². The monoisotopic (exact) mass is 255 g/mol. The van der Waals surface area contributed by atoms with Gasteiger partial charge in [0.15, 0.2) is 0 Å². The van der Waals surface area contributed by atoms with E-state index in [1.54, 1.807) is 0 Å². The van der Waals surface area contributed by atoms with E-state index in [1.165, 1.54) is 5.56 Å². The van der Waals surface area contributed by atoms with Crippen LogP contribution in [0.15, 0.2) is 28.7 Å². The average Bonchev–Trinajstić information content (AvgIpc) is 2.08. The molecule has 0 saturated carbocycles. The molecule has 0 bridgehead atoms. The van der Waals surface area contributed by atoms with Crippen molar-refractivity contribution in [2.24, 2.45) is 11.7 Å². The second kappa shape index (κ2) is 4.45. The van der Waals surface area contributed by atoms with Gasteiger partial charge in [-0.3, -0.25) is 0 Å². The van der Waals surface area contributed by atoms with Crippen LogP contribution in [-0.4, -0.2) is 5.54 Å². The fourth-order valence-corrected chi connectivity index (χ4v) is 1.68. The van der Waals surface area contributed by atoms with Crippen molar-refractivity contribution in [2.45, 2.75) is 32.7 Å². The standard InChI is InChI=1S/C12H18BrN/c1-9(2)12(3,14)8-10-6-4-5-7-11(10)13/h4-7,9H,8,14H2,1-3H3. The molecule has 1 nitrogen and oxygen atoms in total. The Morgan fingerprint density at radius 1 is 1.36 bits per heavy atom. The summed E-state index contributed by atoms with van der Waals surface area (Å²) >= 11 is 3.54. The van der Waals surface area contributed by atoms with E-state index in [1.807, 2.05) is 6.07 Å². The van der Waals surface area contributed by atoms with Crippen molar-refractivity contribution >= 4 is 15.9 Å². The van der Waals surface area contributed by atoms with E-state index >= 15 is 0 Å². The number of hydrogen-bond donors (Lipinski definition) is 1. The molecular weight excluding hydrogens is 238 g/mol. The molecule has 0 amide bonds. The van der Waals surface area contributed by atoms with Gasteiger partial charge in [-0.15, -0.1) is 0 Å². The Kier molecular flexibility index (Phi) is 3.73. The Bertz CT molecular complexity index is 305. The van der Waals surface area contributed by atoms with Gasteiger partial charge in [-0.05, 0) is 30.9 Å². The first-order chi connectivity index (χ1) is 6.43. The van der Waals surface area contributed by atoms with Crippen molar-refractivity contribution in [3.63, 3.8) is 0 Å². The Balaban J connectivity index is 2.84. The molecule has 14 heavy (non-hydrogen) atoms. The summed E-state index contributed by atoms with van der Waals surface area (Å²) in [6.07, 6.45) is 0.909. The van der Waals surface area contributed by atoms with Crippen LogP contribution in [0.5, 0.6) is 0 Å². The van der Waals surface area contributed by atoms with Crippen LogP contribution in [0.3, 0.4) is 0 Å². The molecule has 0 heterocycles. The van der Waals surface area contributed by atoms with E-state index in [-0.39, 0.29) is 5.54 Å². The van der Waals surface area contributed by atoms with Crippen molar-refractivity contribution in [1.82, 2.24) is 0 Å². The van der Waals surface area contributed by atoms with Gasteiger partial charge in [0.2, 0.25) is 0 Å². The first-order valence-electron chi connectivity index (χ1n) is 4.96. The molecule has 0 spiro atoms. The number of hydrogen-bond acceptors (Lipinski definition) is 1. The van der Waals surface area contributed by atoms with Crippen molar-refractivity contribution < 1.29 is 0 Å². The fourth-order valence-electron chi connectivity index (χ4n) is 1.26. The first-order valence-corrected chi connectivity index (χ1v) is 5.75. The molecule has 1 rings (SSSR count). The summed E-state index contributed by atoms with van der Waals surface area (Å²) in [7, 11) is 0. The topological polar surface area (TPSA) is 26.0 Å². The maximum absolute atomic E-state index is 6.24. The summed E-state index contributed by atoms with van der Waals surface area (Å²) in [5, 5.41) is 0. The number of halogens is 1. The zero-order chi connectivity index (χ0) is 10.8. The molecule has 0 radical (unpaired) electrons. The second-order valence-corrected chi connectivity index (χ2v) is 5.28. The molecule has 2 N–H and O–H groups in total. The minimum Gasteiger partial charge on any atom is -0.325 e. The van der Waals surface area contributed by atoms with Gasteiger partial charge < -0.3 is 5.73 Å². The van der Waals surface area contributed by atoms with Crippen LogP contribution in [0.25, 0.3) is 0 Å². The molecule has 0 aliphatic heterocycles. The zero-order valence-electron chi connectivity index (χ0n) is 9.05. The van der Waals surface area contributed by atoms with Crippen LogP contribution in [0, 0.1) is 5.92 Å². The largest absolute Gasteiger partial charge is 0.325 e. The fraction of sp³-hybridized carbons (Fsp3) is 0.500. The molecule has 2 heteroatoms. The quantitative estimate of drug-likeness (QED) is 0.881. The van der Waals surface area contributed by atoms with Gasteiger partial charge in [-0.1, -0.05) is 48.0 Å². The highest BCUT2D eigenvalue weighted by molar-refractivity contribution is 9.10. The molecule has 1 aromatic carbocycles. The lowest BCUT2D eigenvalue weighted by Crippen LogP contribution is -2.43. The van der Waals surface area contributed by atoms with Gasteiger partial charge >= 0.3 is 0 Å². The Morgan fingerprint density at radius 2 is 1.93 bits per heavy atom. The molecule has 0 aliphatic rings. The molecular formula is C12H18BrN. The van der Waals surface area contributed by atoms with Crippen molar-refractivity contribution in [1.29, 1.82) is 0 Å². The van der Waals surface area contributed by atoms with Gasteiger partial charge in [0.05, 0.1) is 0 Å². The molecule has 0 aromatic heterocycles. The van der Waals surface area contributed by atoms with Crippen LogP contribution in [0.4, 0.5) is 0 Å². The highest BCUT2D eigenvalue weighted by Gasteiger charge is 2.23. The van der Waals surface area contributed by atoms with E-state index < -0.39 is 0 Å². The van der Waals surface area contributed by atoms with Crippen LogP contribution in [-0.2, 0) is 6.42 Å². The maximum Gasteiger partial charge on any atom is 0.0207 e. The molecule has 1 atom stereocenters. The molecule has 0 saturated heterocycles. The van der Waals surface area contributed by atoms with E-state index in [4.69, 9.17) is 5.73 Å². The molecule has 0 fully saturated rings. The van der Waals surface area contributed by atoms with Crippen LogP contribution in [0.2, 0.25) is 0 Å². The summed E-state index contributed by atoms with van der Waals surface area (Å²) in [5.41, 5.74) is 7.39. The highest BCUT2D eigenvalue weighted by atomic mass is 79.9. The zero-order valence-corrected chi connectivity index (χ0v) is 10.6. The van der Waals surface area contributed by atoms with Crippen LogP contribution in [0.1, 0.15) is 26.3 Å². The van der Waals surface area contributed by atoms with Gasteiger partial charge in [0, 0.05) is 10.0 Å². The third-order valence-corrected chi connectivity index (χ3v) is 3.62. The Hall–Kier alpha value is -0.340. The minimum absolute atomic E-state index is 0.135. The van der Waals surface area contributed by atoms with E-state index in [9.17, 15) is 0 Å². The molecule has 78 valence electrons. The normalized spacial score (nSPS) is 15.6. The van der Waals surface area contributed by atoms with Crippen molar-refractivity contribution in [2.75, 3.05) is 0 Å². The predicted molar refractivity (Wildman–Crippen MR) is 65.3 cm³/mol. The summed E-state index contributed by atoms with van der Waals surface area (Å²) < 4.78 is 1.15. The van der Waals surface area contributed by atoms with E-state index in [0.29, 0.717) is 5.92 Å². The molecule has 1 unspecified atom stereocenters. The third-order valence-electron chi connectivity index (χ3n) is 2.85. The molecule has 0 aliphatic carbocycles. The molecule has 1 aromatic rings. The summed E-state index contributed by atoms with van der Waals surface area (Å²) in [6.45, 7) is 6.44. The predicted octanol–water partition coefficient (Wildman–Crippen LogP) is 3.37. The smallest absolute Gasteiger partial charge is 0.0207 e. The highest BCUT2D eigenvalue weighted by Crippen LogP contribution is 2.24. The minimum atomic E-state index is -0.135. The van der Waals surface area contributed by atoms with E-state index in [0.717, 1.165) is 10.9 Å². The SMILES string of the molecule is CC(C)C(C)(N)Cc1ccccc1Br. The van der Waals surface area contributed by atoms with Crippen LogP contribution < -0.4 is 5.73 Å². The Labute approximate surface area is 94.8 Å². The van der Waals surface area contributed by atoms with Gasteiger partial charge in [0.25, 0.3) is 0 Å². The van der Waals surface area contributed by atoms with Crippen molar-refractivity contribution in [3.8, 4) is 0 Å². The maximum atomic E-state index is 6.24. The second-order valence-electron chi connectivity index (χ2n) is 4.43. The van der Waals surface area contributed by atoms with Crippen LogP contribution >= 0.6 is 15.9 Å². The first kappa shape index (κ1) is 11.7. The number of benzene rings is 1. The Morgan fingerprint density at radius 3 is 2.43 bits per heavy atom. The summed E-state index contributed by atoms with van der Waals surface area (Å²) in [4.78, 5) is 0. The van der Waals surface area contributed by atoms with Gasteiger partial charge in [-0.25, -0.2) is 0 Å². The lowest BCUT2D eigenvalue weighted by atomic mass is 9.84. The lowest BCUT2D eigenvalue weighted by molar-refractivity contribution is 0.337. The third kappa shape index (κ3) is 2.82. The number of nitrogens with two attached hydrogens (primary N) is 1. The summed E-state index contributed by atoms with van der Waals surface area (Å²) in [5.74, 6) is 0.481. The number of rotatable bonds is 3. The average molecular weight is 256 g/mol.